The van der Waals surface area contributed by atoms with Crippen LogP contribution in [0.4, 0.5) is 14.5 Å². The van der Waals surface area contributed by atoms with Gasteiger partial charge in [0.15, 0.2) is 11.6 Å². The molecule has 0 aliphatic rings. The first-order chi connectivity index (χ1) is 8.70. The molecule has 0 aliphatic heterocycles. The molecule has 0 fully saturated rings. The monoisotopic (exact) mass is 267 g/mol. The van der Waals surface area contributed by atoms with Gasteiger partial charge in [-0.3, -0.25) is 0 Å². The first-order valence-electron chi connectivity index (χ1n) is 5.52. The molecule has 0 aromatic heterocycles. The Bertz CT molecular complexity index is 526. The van der Waals surface area contributed by atoms with E-state index in [1.54, 1.807) is 6.07 Å². The van der Waals surface area contributed by atoms with E-state index in [2.05, 4.69) is 5.32 Å². The number of anilines is 1. The molecule has 0 heterocycles. The van der Waals surface area contributed by atoms with Gasteiger partial charge in [-0.15, -0.1) is 11.6 Å². The molecule has 2 aromatic carbocycles. The van der Waals surface area contributed by atoms with Crippen molar-refractivity contribution in [1.29, 1.82) is 0 Å². The van der Waals surface area contributed by atoms with Crippen LogP contribution in [0.3, 0.4) is 0 Å². The predicted octanol–water partition coefficient (Wildman–Crippen LogP) is 4.32. The highest BCUT2D eigenvalue weighted by Crippen LogP contribution is 2.15. The van der Waals surface area contributed by atoms with Gasteiger partial charge in [0.25, 0.3) is 0 Å². The molecule has 0 amide bonds. The first-order valence-corrected chi connectivity index (χ1v) is 6.06. The largest absolute Gasteiger partial charge is 0.381 e. The molecule has 0 aliphatic carbocycles. The third kappa shape index (κ3) is 2.99. The van der Waals surface area contributed by atoms with Gasteiger partial charge in [0, 0.05) is 23.7 Å². The highest BCUT2D eigenvalue weighted by Gasteiger charge is 2.06. The molecule has 94 valence electrons. The molecule has 0 unspecified atom stereocenters. The summed E-state index contributed by atoms with van der Waals surface area (Å²) in [5.74, 6) is -1.17. The lowest BCUT2D eigenvalue weighted by Crippen LogP contribution is -2.03. The molecule has 0 spiro atoms. The first kappa shape index (κ1) is 12.8. The Kier molecular flexibility index (Phi) is 4.15. The number of hydrogen-bond donors (Lipinski definition) is 1. The number of halogens is 3. The van der Waals surface area contributed by atoms with Crippen LogP contribution in [-0.4, -0.2) is 0 Å². The zero-order valence-electron chi connectivity index (χ0n) is 9.59. The van der Waals surface area contributed by atoms with Crippen molar-refractivity contribution in [2.45, 2.75) is 12.4 Å². The third-order valence-electron chi connectivity index (χ3n) is 2.62. The number of hydrogen-bond acceptors (Lipinski definition) is 1. The van der Waals surface area contributed by atoms with Crippen LogP contribution in [0.5, 0.6) is 0 Å². The normalized spacial score (nSPS) is 10.4. The lowest BCUT2D eigenvalue weighted by atomic mass is 10.2. The summed E-state index contributed by atoms with van der Waals surface area (Å²) in [7, 11) is 0. The van der Waals surface area contributed by atoms with Crippen LogP contribution in [-0.2, 0) is 12.4 Å². The Morgan fingerprint density at radius 2 is 1.72 bits per heavy atom. The SMILES string of the molecule is Fc1cccc(CNc2ccc(CCl)cc2)c1F. The smallest absolute Gasteiger partial charge is 0.163 e. The quantitative estimate of drug-likeness (QED) is 0.814. The van der Waals surface area contributed by atoms with Crippen molar-refractivity contribution >= 4 is 17.3 Å². The van der Waals surface area contributed by atoms with E-state index in [1.807, 2.05) is 24.3 Å². The fourth-order valence-electron chi connectivity index (χ4n) is 1.59. The molecule has 0 saturated carbocycles. The van der Waals surface area contributed by atoms with E-state index in [4.69, 9.17) is 11.6 Å². The molecule has 1 nitrogen and oxygen atoms in total. The molecular formula is C14H12ClF2N. The summed E-state index contributed by atoms with van der Waals surface area (Å²) < 4.78 is 26.4. The Balaban J connectivity index is 2.04. The summed E-state index contributed by atoms with van der Waals surface area (Å²) in [5, 5.41) is 3.03. The van der Waals surface area contributed by atoms with Crippen LogP contribution in [0.25, 0.3) is 0 Å². The van der Waals surface area contributed by atoms with E-state index < -0.39 is 11.6 Å². The highest BCUT2D eigenvalue weighted by molar-refractivity contribution is 6.17. The number of alkyl halides is 1. The molecule has 0 saturated heterocycles. The molecule has 0 atom stereocenters. The van der Waals surface area contributed by atoms with Gasteiger partial charge >= 0.3 is 0 Å². The number of benzene rings is 2. The van der Waals surface area contributed by atoms with Crippen LogP contribution < -0.4 is 5.32 Å². The summed E-state index contributed by atoms with van der Waals surface area (Å²) >= 11 is 5.68. The van der Waals surface area contributed by atoms with Gasteiger partial charge in [0.2, 0.25) is 0 Å². The van der Waals surface area contributed by atoms with Gasteiger partial charge in [0.1, 0.15) is 0 Å². The average molecular weight is 268 g/mol. The number of nitrogens with one attached hydrogen (secondary N) is 1. The summed E-state index contributed by atoms with van der Waals surface area (Å²) in [5.41, 5.74) is 2.16. The maximum absolute atomic E-state index is 13.4. The van der Waals surface area contributed by atoms with E-state index >= 15 is 0 Å². The molecule has 0 bridgehead atoms. The third-order valence-corrected chi connectivity index (χ3v) is 2.93. The van der Waals surface area contributed by atoms with E-state index in [-0.39, 0.29) is 6.54 Å². The van der Waals surface area contributed by atoms with E-state index in [0.717, 1.165) is 17.3 Å². The van der Waals surface area contributed by atoms with Crippen LogP contribution >= 0.6 is 11.6 Å². The van der Waals surface area contributed by atoms with Gasteiger partial charge in [-0.2, -0.15) is 0 Å². The van der Waals surface area contributed by atoms with Gasteiger partial charge in [-0.1, -0.05) is 24.3 Å². The standard InChI is InChI=1S/C14H12ClF2N/c15-8-10-4-6-12(7-5-10)18-9-11-2-1-3-13(16)14(11)17/h1-7,18H,8-9H2. The van der Waals surface area contributed by atoms with Crippen LogP contribution in [0, 0.1) is 11.6 Å². The molecule has 4 heteroatoms. The van der Waals surface area contributed by atoms with Crippen molar-refractivity contribution in [3.05, 3.63) is 65.2 Å². The summed E-state index contributed by atoms with van der Waals surface area (Å²) in [6.07, 6.45) is 0. The van der Waals surface area contributed by atoms with Crippen molar-refractivity contribution in [3.63, 3.8) is 0 Å². The fraction of sp³-hybridized carbons (Fsp3) is 0.143. The van der Waals surface area contributed by atoms with E-state index in [0.29, 0.717) is 11.4 Å². The lowest BCUT2D eigenvalue weighted by Gasteiger charge is -2.08. The second-order valence-electron chi connectivity index (χ2n) is 3.90. The van der Waals surface area contributed by atoms with Crippen LogP contribution in [0.2, 0.25) is 0 Å². The van der Waals surface area contributed by atoms with E-state index in [9.17, 15) is 8.78 Å². The second kappa shape index (κ2) is 5.83. The molecular weight excluding hydrogens is 256 g/mol. The number of rotatable bonds is 4. The predicted molar refractivity (Wildman–Crippen MR) is 69.7 cm³/mol. The van der Waals surface area contributed by atoms with Gasteiger partial charge in [-0.05, 0) is 23.8 Å². The van der Waals surface area contributed by atoms with Crippen molar-refractivity contribution in [2.24, 2.45) is 0 Å². The Hall–Kier alpha value is -1.61. The van der Waals surface area contributed by atoms with Crippen molar-refractivity contribution in [1.82, 2.24) is 0 Å². The molecule has 18 heavy (non-hydrogen) atoms. The van der Waals surface area contributed by atoms with Gasteiger partial charge in [0.05, 0.1) is 0 Å². The van der Waals surface area contributed by atoms with Crippen molar-refractivity contribution < 1.29 is 8.78 Å². The van der Waals surface area contributed by atoms with Crippen LogP contribution in [0.15, 0.2) is 42.5 Å². The molecule has 0 radical (unpaired) electrons. The van der Waals surface area contributed by atoms with Gasteiger partial charge in [-0.25, -0.2) is 8.78 Å². The maximum Gasteiger partial charge on any atom is 0.163 e. The maximum atomic E-state index is 13.4. The fourth-order valence-corrected chi connectivity index (χ4v) is 1.77. The summed E-state index contributed by atoms with van der Waals surface area (Å²) in [4.78, 5) is 0. The highest BCUT2D eigenvalue weighted by atomic mass is 35.5. The molecule has 2 aromatic rings. The summed E-state index contributed by atoms with van der Waals surface area (Å²) in [6.45, 7) is 0.240. The minimum absolute atomic E-state index is 0.240. The van der Waals surface area contributed by atoms with Crippen molar-refractivity contribution in [3.8, 4) is 0 Å². The van der Waals surface area contributed by atoms with Crippen molar-refractivity contribution in [2.75, 3.05) is 5.32 Å². The minimum atomic E-state index is -0.827. The van der Waals surface area contributed by atoms with Gasteiger partial charge < -0.3 is 5.32 Å². The zero-order valence-corrected chi connectivity index (χ0v) is 10.3. The second-order valence-corrected chi connectivity index (χ2v) is 4.16. The zero-order chi connectivity index (χ0) is 13.0. The minimum Gasteiger partial charge on any atom is -0.381 e. The Morgan fingerprint density at radius 1 is 1.00 bits per heavy atom. The topological polar surface area (TPSA) is 12.0 Å². The lowest BCUT2D eigenvalue weighted by molar-refractivity contribution is 0.500. The van der Waals surface area contributed by atoms with Crippen LogP contribution in [0.1, 0.15) is 11.1 Å². The average Bonchev–Trinajstić information content (AvgIpc) is 2.41. The van der Waals surface area contributed by atoms with E-state index in [1.165, 1.54) is 6.07 Å². The summed E-state index contributed by atoms with van der Waals surface area (Å²) in [6, 6.07) is 11.6. The Labute approximate surface area is 109 Å². The molecule has 1 N–H and O–H groups in total. The Morgan fingerprint density at radius 3 is 2.39 bits per heavy atom. The molecule has 2 rings (SSSR count).